The minimum Gasteiger partial charge on any atom is -0.370 e. The molecule has 0 saturated heterocycles. The number of fused-ring (bicyclic) bond motifs is 1. The van der Waals surface area contributed by atoms with Crippen molar-refractivity contribution < 1.29 is 4.79 Å². The van der Waals surface area contributed by atoms with Gasteiger partial charge >= 0.3 is 5.69 Å². The quantitative estimate of drug-likeness (QED) is 0.453. The number of anilines is 1. The topological polar surface area (TPSA) is 122 Å². The Kier molecular flexibility index (Phi) is 7.17. The van der Waals surface area contributed by atoms with Crippen LogP contribution >= 0.6 is 0 Å². The number of nitrogens with zero attached hydrogens (tertiary/aromatic N) is 3. The summed E-state index contributed by atoms with van der Waals surface area (Å²) in [5, 5.41) is 6.25. The lowest BCUT2D eigenvalue weighted by Gasteiger charge is -2.14. The Balaban J connectivity index is 1.74. The molecule has 0 bridgehead atoms. The standard InChI is InChI=1S/C22H28N6O3/c1-4-28-19-18(21(30)27-22(28)31)15(13-16(26-19)14(2)3)20(29)25-12-8-7-11-24-17-9-5-6-10-23-17/h5-6,9-10,13-14H,4,7-8,11-12H2,1-3H3,(H,23,24)(H,25,29)(H,27,30,31). The van der Waals surface area contributed by atoms with Gasteiger partial charge in [0.05, 0.1) is 10.9 Å². The van der Waals surface area contributed by atoms with E-state index in [1.807, 2.05) is 32.0 Å². The molecule has 0 aliphatic carbocycles. The van der Waals surface area contributed by atoms with Crippen molar-refractivity contribution in [2.45, 2.75) is 46.1 Å². The van der Waals surface area contributed by atoms with Gasteiger partial charge in [-0.1, -0.05) is 19.9 Å². The molecular weight excluding hydrogens is 396 g/mol. The van der Waals surface area contributed by atoms with Crippen LogP contribution in [-0.4, -0.2) is 38.5 Å². The number of aryl methyl sites for hydroxylation is 1. The number of unbranched alkanes of at least 4 members (excludes halogenated alkanes) is 1. The number of H-pyrrole nitrogens is 1. The summed E-state index contributed by atoms with van der Waals surface area (Å²) in [6.07, 6.45) is 3.34. The molecule has 0 radical (unpaired) electrons. The minimum absolute atomic E-state index is 0.0355. The summed E-state index contributed by atoms with van der Waals surface area (Å²) in [7, 11) is 0. The molecule has 164 valence electrons. The van der Waals surface area contributed by atoms with Crippen molar-refractivity contribution in [3.05, 3.63) is 62.6 Å². The maximum Gasteiger partial charge on any atom is 0.329 e. The van der Waals surface area contributed by atoms with Crippen molar-refractivity contribution in [3.63, 3.8) is 0 Å². The maximum absolute atomic E-state index is 12.9. The number of hydrogen-bond acceptors (Lipinski definition) is 6. The molecule has 0 saturated carbocycles. The Morgan fingerprint density at radius 2 is 1.97 bits per heavy atom. The highest BCUT2D eigenvalue weighted by Gasteiger charge is 2.19. The predicted molar refractivity (Wildman–Crippen MR) is 121 cm³/mol. The van der Waals surface area contributed by atoms with E-state index in [1.165, 1.54) is 4.57 Å². The number of amides is 1. The number of carbonyl (C=O) groups excluding carboxylic acids is 1. The first-order chi connectivity index (χ1) is 14.9. The van der Waals surface area contributed by atoms with E-state index in [-0.39, 0.29) is 28.4 Å². The molecule has 0 aromatic carbocycles. The summed E-state index contributed by atoms with van der Waals surface area (Å²) in [4.78, 5) is 48.6. The van der Waals surface area contributed by atoms with E-state index in [1.54, 1.807) is 19.2 Å². The van der Waals surface area contributed by atoms with Crippen LogP contribution in [0.2, 0.25) is 0 Å². The Morgan fingerprint density at radius 1 is 1.19 bits per heavy atom. The van der Waals surface area contributed by atoms with Crippen LogP contribution in [0.15, 0.2) is 40.1 Å². The molecule has 0 aliphatic rings. The smallest absolute Gasteiger partial charge is 0.329 e. The normalized spacial score (nSPS) is 11.1. The van der Waals surface area contributed by atoms with Crippen LogP contribution < -0.4 is 21.9 Å². The molecule has 3 N–H and O–H groups in total. The zero-order valence-electron chi connectivity index (χ0n) is 18.1. The molecule has 3 aromatic heterocycles. The molecule has 3 rings (SSSR count). The molecule has 3 heterocycles. The van der Waals surface area contributed by atoms with Crippen molar-refractivity contribution in [2.24, 2.45) is 0 Å². The highest BCUT2D eigenvalue weighted by atomic mass is 16.2. The van der Waals surface area contributed by atoms with E-state index in [9.17, 15) is 14.4 Å². The molecule has 0 aliphatic heterocycles. The number of pyridine rings is 2. The Hall–Kier alpha value is -3.49. The van der Waals surface area contributed by atoms with Gasteiger partial charge in [0.25, 0.3) is 11.5 Å². The molecule has 31 heavy (non-hydrogen) atoms. The van der Waals surface area contributed by atoms with Crippen molar-refractivity contribution in [2.75, 3.05) is 18.4 Å². The zero-order valence-corrected chi connectivity index (χ0v) is 18.1. The average molecular weight is 425 g/mol. The van der Waals surface area contributed by atoms with Crippen molar-refractivity contribution in [1.29, 1.82) is 0 Å². The summed E-state index contributed by atoms with van der Waals surface area (Å²) in [6, 6.07) is 7.32. The van der Waals surface area contributed by atoms with Gasteiger partial charge in [-0.3, -0.25) is 19.1 Å². The minimum atomic E-state index is -0.600. The Labute approximate surface area is 179 Å². The average Bonchev–Trinajstić information content (AvgIpc) is 2.76. The third kappa shape index (κ3) is 5.17. The summed E-state index contributed by atoms with van der Waals surface area (Å²) < 4.78 is 1.38. The van der Waals surface area contributed by atoms with Gasteiger partial charge in [-0.2, -0.15) is 0 Å². The Bertz CT molecular complexity index is 1170. The highest BCUT2D eigenvalue weighted by Crippen LogP contribution is 2.19. The van der Waals surface area contributed by atoms with E-state index in [0.717, 1.165) is 25.2 Å². The first kappa shape index (κ1) is 22.2. The second-order valence-corrected chi connectivity index (χ2v) is 7.56. The van der Waals surface area contributed by atoms with E-state index in [4.69, 9.17) is 0 Å². The largest absolute Gasteiger partial charge is 0.370 e. The number of aromatic amines is 1. The second-order valence-electron chi connectivity index (χ2n) is 7.56. The van der Waals surface area contributed by atoms with Crippen molar-refractivity contribution >= 4 is 22.8 Å². The van der Waals surface area contributed by atoms with E-state index >= 15 is 0 Å². The van der Waals surface area contributed by atoms with Gasteiger partial charge in [-0.15, -0.1) is 0 Å². The van der Waals surface area contributed by atoms with Gasteiger partial charge in [0.15, 0.2) is 5.65 Å². The van der Waals surface area contributed by atoms with Crippen LogP contribution in [0, 0.1) is 0 Å². The molecule has 3 aromatic rings. The first-order valence-electron chi connectivity index (χ1n) is 10.5. The highest BCUT2D eigenvalue weighted by molar-refractivity contribution is 6.05. The molecule has 9 heteroatoms. The van der Waals surface area contributed by atoms with Gasteiger partial charge in [0, 0.05) is 31.5 Å². The maximum atomic E-state index is 12.9. The fraction of sp³-hybridized carbons (Fsp3) is 0.409. The third-order valence-electron chi connectivity index (χ3n) is 4.98. The number of hydrogen-bond donors (Lipinski definition) is 3. The number of carbonyl (C=O) groups is 1. The van der Waals surface area contributed by atoms with Gasteiger partial charge < -0.3 is 10.6 Å². The number of rotatable bonds is 9. The summed E-state index contributed by atoms with van der Waals surface area (Å²) in [6.45, 7) is 7.24. The number of aromatic nitrogens is 4. The van der Waals surface area contributed by atoms with Crippen LogP contribution in [0.3, 0.4) is 0 Å². The van der Waals surface area contributed by atoms with Crippen LogP contribution in [0.1, 0.15) is 55.6 Å². The van der Waals surface area contributed by atoms with Gasteiger partial charge in [-0.05, 0) is 43.9 Å². The van der Waals surface area contributed by atoms with E-state index < -0.39 is 11.2 Å². The van der Waals surface area contributed by atoms with Gasteiger partial charge in [0.1, 0.15) is 5.82 Å². The second kappa shape index (κ2) is 10.0. The number of nitrogens with one attached hydrogen (secondary N) is 3. The van der Waals surface area contributed by atoms with Gasteiger partial charge in [0.2, 0.25) is 0 Å². The first-order valence-corrected chi connectivity index (χ1v) is 10.5. The lowest BCUT2D eigenvalue weighted by Crippen LogP contribution is -2.33. The van der Waals surface area contributed by atoms with Crippen molar-refractivity contribution in [1.82, 2.24) is 24.8 Å². The molecule has 0 unspecified atom stereocenters. The van der Waals surface area contributed by atoms with Crippen LogP contribution in [0.25, 0.3) is 11.0 Å². The Morgan fingerprint density at radius 3 is 2.65 bits per heavy atom. The van der Waals surface area contributed by atoms with Crippen LogP contribution in [-0.2, 0) is 6.54 Å². The van der Waals surface area contributed by atoms with Crippen LogP contribution in [0.5, 0.6) is 0 Å². The lowest BCUT2D eigenvalue weighted by atomic mass is 10.0. The van der Waals surface area contributed by atoms with Crippen LogP contribution in [0.4, 0.5) is 5.82 Å². The van der Waals surface area contributed by atoms with Crippen molar-refractivity contribution in [3.8, 4) is 0 Å². The SMILES string of the molecule is CCn1c(=O)[nH]c(=O)c2c(C(=O)NCCCCNc3ccccn3)cc(C(C)C)nc21. The van der Waals surface area contributed by atoms with E-state index in [2.05, 4.69) is 25.6 Å². The monoisotopic (exact) mass is 424 g/mol. The molecule has 9 nitrogen and oxygen atoms in total. The molecular formula is C22H28N6O3. The fourth-order valence-corrected chi connectivity index (χ4v) is 3.29. The lowest BCUT2D eigenvalue weighted by molar-refractivity contribution is 0.0954. The predicted octanol–water partition coefficient (Wildman–Crippen LogP) is 2.25. The van der Waals surface area contributed by atoms with Gasteiger partial charge in [-0.25, -0.2) is 14.8 Å². The molecule has 0 atom stereocenters. The van der Waals surface area contributed by atoms with E-state index in [0.29, 0.717) is 18.8 Å². The molecule has 0 spiro atoms. The fourth-order valence-electron chi connectivity index (χ4n) is 3.29. The third-order valence-corrected chi connectivity index (χ3v) is 4.98. The summed E-state index contributed by atoms with van der Waals surface area (Å²) in [5.74, 6) is 0.504. The molecule has 0 fully saturated rings. The molecule has 1 amide bonds. The summed E-state index contributed by atoms with van der Waals surface area (Å²) in [5.41, 5.74) is 0.0118. The summed E-state index contributed by atoms with van der Waals surface area (Å²) >= 11 is 0. The zero-order chi connectivity index (χ0) is 22.4.